The van der Waals surface area contributed by atoms with E-state index < -0.39 is 22.7 Å². The lowest BCUT2D eigenvalue weighted by atomic mass is 9.98. The number of ether oxygens (including phenoxy) is 1. The number of aliphatic hydroxyl groups is 1. The summed E-state index contributed by atoms with van der Waals surface area (Å²) in [6.07, 6.45) is 0.523. The second-order valence-corrected chi connectivity index (χ2v) is 7.82. The number of pyridine rings is 1. The maximum atomic E-state index is 14.9. The van der Waals surface area contributed by atoms with Crippen molar-refractivity contribution in [2.75, 3.05) is 12.4 Å². The van der Waals surface area contributed by atoms with Crippen LogP contribution >= 0.6 is 22.9 Å². The van der Waals surface area contributed by atoms with Crippen molar-refractivity contribution in [2.45, 2.75) is 26.5 Å². The number of methoxy groups -OCH3 is 1. The fraction of sp³-hybridized carbons (Fsp3) is 0.263. The minimum absolute atomic E-state index is 0.00648. The summed E-state index contributed by atoms with van der Waals surface area (Å²) >= 11 is 6.65. The number of carbonyl (C=O) groups is 1. The molecule has 158 valence electrons. The first kappa shape index (κ1) is 21.9. The molecule has 1 unspecified atom stereocenters. The molecule has 0 aliphatic heterocycles. The molecule has 1 amide bonds. The number of anilines is 1. The Kier molecular flexibility index (Phi) is 6.49. The number of nitrogens with one attached hydrogen (secondary N) is 1. The van der Waals surface area contributed by atoms with Crippen LogP contribution in [-0.4, -0.2) is 39.0 Å². The molecule has 2 heterocycles. The van der Waals surface area contributed by atoms with Crippen molar-refractivity contribution >= 4 is 34.0 Å². The monoisotopic (exact) mass is 452 g/mol. The minimum atomic E-state index is -0.778. The van der Waals surface area contributed by atoms with Crippen molar-refractivity contribution in [3.63, 3.8) is 0 Å². The van der Waals surface area contributed by atoms with E-state index in [-0.39, 0.29) is 39.1 Å². The first-order chi connectivity index (χ1) is 14.2. The molecule has 1 atom stereocenters. The molecule has 2 N–H and O–H groups in total. The van der Waals surface area contributed by atoms with Gasteiger partial charge in [-0.25, -0.2) is 9.07 Å². The van der Waals surface area contributed by atoms with Crippen molar-refractivity contribution in [3.8, 4) is 16.9 Å². The molecule has 0 radical (unpaired) electrons. The number of aryl methyl sites for hydroxylation is 1. The maximum absolute atomic E-state index is 14.9. The molecule has 0 aliphatic carbocycles. The van der Waals surface area contributed by atoms with Crippen molar-refractivity contribution in [1.29, 1.82) is 0 Å². The highest BCUT2D eigenvalue weighted by Gasteiger charge is 2.23. The molecule has 0 fully saturated rings. The molecule has 0 aliphatic rings. The van der Waals surface area contributed by atoms with Gasteiger partial charge in [0.05, 0.1) is 35.9 Å². The molecule has 0 spiro atoms. The van der Waals surface area contributed by atoms with Crippen LogP contribution < -0.4 is 14.9 Å². The number of aliphatic hydroxyl groups excluding tert-OH is 1. The molecule has 30 heavy (non-hydrogen) atoms. The number of amides is 1. The summed E-state index contributed by atoms with van der Waals surface area (Å²) < 4.78 is 21.2. The van der Waals surface area contributed by atoms with Gasteiger partial charge in [0.2, 0.25) is 5.13 Å². The predicted molar refractivity (Wildman–Crippen MR) is 112 cm³/mol. The SMILES string of the molecule is COc1ccc(Cl)c(F)c1-c1cc(C)ncc1C(=O)Nc1nn(CC(C)O)c(=O)s1. The Morgan fingerprint density at radius 3 is 2.87 bits per heavy atom. The number of hydrogen-bond acceptors (Lipinski definition) is 7. The highest BCUT2D eigenvalue weighted by atomic mass is 35.5. The summed E-state index contributed by atoms with van der Waals surface area (Å²) in [5, 5.41) is 15.9. The van der Waals surface area contributed by atoms with Gasteiger partial charge in [0.1, 0.15) is 5.75 Å². The molecule has 11 heteroatoms. The third-order valence-electron chi connectivity index (χ3n) is 4.10. The van der Waals surface area contributed by atoms with Gasteiger partial charge in [-0.15, -0.1) is 5.10 Å². The lowest BCUT2D eigenvalue weighted by Gasteiger charge is -2.14. The molecule has 3 aromatic rings. The number of benzene rings is 1. The first-order valence-corrected chi connectivity index (χ1v) is 9.97. The summed E-state index contributed by atoms with van der Waals surface area (Å²) in [4.78, 5) is 28.6. The van der Waals surface area contributed by atoms with E-state index in [1.807, 2.05) is 0 Å². The third-order valence-corrected chi connectivity index (χ3v) is 5.15. The van der Waals surface area contributed by atoms with Gasteiger partial charge in [0, 0.05) is 17.5 Å². The Balaban J connectivity index is 2.04. The van der Waals surface area contributed by atoms with Crippen LogP contribution in [0.4, 0.5) is 9.52 Å². The Morgan fingerprint density at radius 1 is 1.47 bits per heavy atom. The quantitative estimate of drug-likeness (QED) is 0.595. The predicted octanol–water partition coefficient (Wildman–Crippen LogP) is 3.11. The molecule has 8 nitrogen and oxygen atoms in total. The van der Waals surface area contributed by atoms with Gasteiger partial charge in [0.15, 0.2) is 5.82 Å². The van der Waals surface area contributed by atoms with Crippen molar-refractivity contribution in [3.05, 3.63) is 56.2 Å². The van der Waals surface area contributed by atoms with Crippen LogP contribution in [0.3, 0.4) is 0 Å². The zero-order valence-electron chi connectivity index (χ0n) is 16.3. The summed E-state index contributed by atoms with van der Waals surface area (Å²) in [5.74, 6) is -1.18. The van der Waals surface area contributed by atoms with Crippen LogP contribution in [0.5, 0.6) is 5.75 Å². The first-order valence-electron chi connectivity index (χ1n) is 8.77. The fourth-order valence-electron chi connectivity index (χ4n) is 2.79. The molecular weight excluding hydrogens is 435 g/mol. The Hall–Kier alpha value is -2.82. The molecule has 2 aromatic heterocycles. The van der Waals surface area contributed by atoms with E-state index >= 15 is 0 Å². The largest absolute Gasteiger partial charge is 0.496 e. The normalized spacial score (nSPS) is 11.9. The van der Waals surface area contributed by atoms with Crippen LogP contribution in [0.2, 0.25) is 5.02 Å². The van der Waals surface area contributed by atoms with E-state index in [0.717, 1.165) is 4.68 Å². The number of hydrogen-bond donors (Lipinski definition) is 2. The summed E-state index contributed by atoms with van der Waals surface area (Å²) in [6, 6.07) is 4.40. The van der Waals surface area contributed by atoms with E-state index in [2.05, 4.69) is 15.4 Å². The lowest BCUT2D eigenvalue weighted by molar-refractivity contribution is 0.102. The highest BCUT2D eigenvalue weighted by Crippen LogP contribution is 2.38. The van der Waals surface area contributed by atoms with Crippen molar-refractivity contribution in [2.24, 2.45) is 0 Å². The van der Waals surface area contributed by atoms with Crippen LogP contribution in [-0.2, 0) is 6.54 Å². The minimum Gasteiger partial charge on any atom is -0.496 e. The van der Waals surface area contributed by atoms with Crippen LogP contribution in [0, 0.1) is 12.7 Å². The second kappa shape index (κ2) is 8.90. The number of aromatic nitrogens is 3. The maximum Gasteiger partial charge on any atom is 0.326 e. The molecule has 1 aromatic carbocycles. The zero-order valence-corrected chi connectivity index (χ0v) is 17.8. The van der Waals surface area contributed by atoms with Gasteiger partial charge < -0.3 is 9.84 Å². The Morgan fingerprint density at radius 2 is 2.20 bits per heavy atom. The molecule has 0 saturated carbocycles. The topological polar surface area (TPSA) is 106 Å². The average molecular weight is 453 g/mol. The Bertz CT molecular complexity index is 1160. The van der Waals surface area contributed by atoms with E-state index in [4.69, 9.17) is 16.3 Å². The van der Waals surface area contributed by atoms with Crippen LogP contribution in [0.1, 0.15) is 23.0 Å². The van der Waals surface area contributed by atoms with Gasteiger partial charge >= 0.3 is 4.87 Å². The molecule has 3 rings (SSSR count). The van der Waals surface area contributed by atoms with Gasteiger partial charge in [0.25, 0.3) is 5.91 Å². The van der Waals surface area contributed by atoms with Crippen LogP contribution in [0.25, 0.3) is 11.1 Å². The molecule has 0 saturated heterocycles. The van der Waals surface area contributed by atoms with Gasteiger partial charge in [-0.1, -0.05) is 11.6 Å². The summed E-state index contributed by atoms with van der Waals surface area (Å²) in [5.41, 5.74) is 0.847. The fourth-order valence-corrected chi connectivity index (χ4v) is 3.62. The average Bonchev–Trinajstić information content (AvgIpc) is 3.01. The van der Waals surface area contributed by atoms with E-state index in [9.17, 15) is 19.1 Å². The lowest BCUT2D eigenvalue weighted by Crippen LogP contribution is -2.22. The number of halogens is 2. The number of nitrogens with zero attached hydrogens (tertiary/aromatic N) is 3. The third kappa shape index (κ3) is 4.50. The standard InChI is InChI=1S/C19H18ClFN4O4S/c1-9-6-11(15-14(29-3)5-4-13(20)16(15)21)12(7-22-9)17(27)23-18-24-25(8-10(2)26)19(28)30-18/h4-7,10,26H,8H2,1-3H3,(H,23,24,27). The Labute approximate surface area is 179 Å². The van der Waals surface area contributed by atoms with E-state index in [0.29, 0.717) is 17.0 Å². The van der Waals surface area contributed by atoms with Gasteiger partial charge in [-0.2, -0.15) is 0 Å². The summed E-state index contributed by atoms with van der Waals surface area (Å²) in [7, 11) is 1.38. The van der Waals surface area contributed by atoms with Crippen LogP contribution in [0.15, 0.2) is 29.2 Å². The van der Waals surface area contributed by atoms with Gasteiger partial charge in [-0.05, 0) is 43.4 Å². The zero-order chi connectivity index (χ0) is 22.0. The molecular formula is C19H18ClFN4O4S. The van der Waals surface area contributed by atoms with E-state index in [1.54, 1.807) is 13.0 Å². The van der Waals surface area contributed by atoms with Crippen molar-refractivity contribution in [1.82, 2.24) is 14.8 Å². The smallest absolute Gasteiger partial charge is 0.326 e. The van der Waals surface area contributed by atoms with Crippen molar-refractivity contribution < 1.29 is 19.0 Å². The van der Waals surface area contributed by atoms with Gasteiger partial charge in [-0.3, -0.25) is 19.9 Å². The molecule has 0 bridgehead atoms. The highest BCUT2D eigenvalue weighted by molar-refractivity contribution is 7.13. The van der Waals surface area contributed by atoms with E-state index in [1.165, 1.54) is 32.4 Å². The number of carbonyl (C=O) groups excluding carboxylic acids is 1. The number of rotatable bonds is 6. The second-order valence-electron chi connectivity index (χ2n) is 6.47. The summed E-state index contributed by atoms with van der Waals surface area (Å²) in [6.45, 7) is 3.21.